The van der Waals surface area contributed by atoms with Gasteiger partial charge in [0, 0.05) is 0 Å². The lowest BCUT2D eigenvalue weighted by atomic mass is 9.76. The second-order valence-electron chi connectivity index (χ2n) is 17.0. The van der Waals surface area contributed by atoms with E-state index in [0.717, 1.165) is 112 Å². The summed E-state index contributed by atoms with van der Waals surface area (Å²) in [5, 5.41) is 0. The van der Waals surface area contributed by atoms with Gasteiger partial charge in [-0.25, -0.2) is 0 Å². The van der Waals surface area contributed by atoms with E-state index in [2.05, 4.69) is 146 Å². The summed E-state index contributed by atoms with van der Waals surface area (Å²) in [7, 11) is 10.4. The highest BCUT2D eigenvalue weighted by molar-refractivity contribution is 5.55. The largest absolute Gasteiger partial charge is 0.497 e. The molecule has 0 aliphatic heterocycles. The number of ether oxygens (including phenoxy) is 6. The zero-order valence-electron chi connectivity index (χ0n) is 39.8. The van der Waals surface area contributed by atoms with E-state index in [9.17, 15) is 0 Å². The summed E-state index contributed by atoms with van der Waals surface area (Å²) in [4.78, 5) is 0. The minimum absolute atomic E-state index is 0.877. The smallest absolute Gasteiger partial charge is 0.118 e. The average Bonchev–Trinajstić information content (AvgIpc) is 3.38. The molecule has 0 amide bonds. The Hall–Kier alpha value is -6.66. The molecule has 0 bridgehead atoms. The molecule has 0 aliphatic carbocycles. The molecule has 0 radical (unpaired) electrons. The normalized spacial score (nSPS) is 11.0. The Morgan fingerprint density at radius 2 is 0.303 bits per heavy atom. The third kappa shape index (κ3) is 12.8. The zero-order valence-corrected chi connectivity index (χ0v) is 39.8. The highest BCUT2D eigenvalue weighted by Crippen LogP contribution is 2.36. The van der Waals surface area contributed by atoms with Crippen molar-refractivity contribution in [2.45, 2.75) is 77.0 Å². The van der Waals surface area contributed by atoms with Crippen molar-refractivity contribution in [3.8, 4) is 34.5 Å². The van der Waals surface area contributed by atoms with Gasteiger partial charge >= 0.3 is 0 Å². The zero-order chi connectivity index (χ0) is 46.1. The van der Waals surface area contributed by atoms with E-state index in [-0.39, 0.29) is 0 Å². The van der Waals surface area contributed by atoms with Crippen LogP contribution >= 0.6 is 0 Å². The highest BCUT2D eigenvalue weighted by Gasteiger charge is 2.24. The molecule has 0 unspecified atom stereocenters. The fourth-order valence-electron chi connectivity index (χ4n) is 9.27. The van der Waals surface area contributed by atoms with Crippen LogP contribution in [0.15, 0.2) is 146 Å². The van der Waals surface area contributed by atoms with Gasteiger partial charge in [0.25, 0.3) is 0 Å². The molecule has 0 aromatic heterocycles. The first kappa shape index (κ1) is 47.3. The minimum Gasteiger partial charge on any atom is -0.497 e. The van der Waals surface area contributed by atoms with Crippen LogP contribution in [-0.4, -0.2) is 42.7 Å². The molecule has 0 fully saturated rings. The van der Waals surface area contributed by atoms with Crippen LogP contribution in [0.3, 0.4) is 0 Å². The molecule has 0 atom stereocenters. The maximum absolute atomic E-state index is 5.57. The maximum Gasteiger partial charge on any atom is 0.118 e. The van der Waals surface area contributed by atoms with Gasteiger partial charge in [-0.15, -0.1) is 0 Å². The van der Waals surface area contributed by atoms with Crippen molar-refractivity contribution in [1.82, 2.24) is 0 Å². The molecule has 0 saturated heterocycles. The van der Waals surface area contributed by atoms with Crippen LogP contribution < -0.4 is 28.4 Å². The van der Waals surface area contributed by atoms with Crippen LogP contribution in [-0.2, 0) is 77.0 Å². The molecule has 342 valence electrons. The van der Waals surface area contributed by atoms with E-state index >= 15 is 0 Å². The highest BCUT2D eigenvalue weighted by atomic mass is 16.5. The second kappa shape index (κ2) is 24.0. The van der Waals surface area contributed by atoms with E-state index in [1.54, 1.807) is 42.7 Å². The molecule has 0 aliphatic rings. The van der Waals surface area contributed by atoms with Crippen LogP contribution in [0.4, 0.5) is 0 Å². The fraction of sp³-hybridized carbons (Fsp3) is 0.300. The lowest BCUT2D eigenvalue weighted by molar-refractivity contribution is 0.414. The van der Waals surface area contributed by atoms with Gasteiger partial charge in [0.15, 0.2) is 0 Å². The molecule has 0 heterocycles. The number of methoxy groups -OCH3 is 6. The van der Waals surface area contributed by atoms with Gasteiger partial charge in [0.05, 0.1) is 42.7 Å². The maximum atomic E-state index is 5.57. The molecule has 0 spiro atoms. The Balaban J connectivity index is 1.43. The number of hydrogen-bond donors (Lipinski definition) is 0. The van der Waals surface area contributed by atoms with E-state index < -0.39 is 0 Å². The average molecular weight is 883 g/mol. The Labute approximate surface area is 393 Å². The van der Waals surface area contributed by atoms with Crippen molar-refractivity contribution >= 4 is 0 Å². The number of aryl methyl sites for hydroxylation is 6. The molecule has 7 aromatic carbocycles. The summed E-state index contributed by atoms with van der Waals surface area (Å²) >= 11 is 0. The molecular weight excluding hydrogens is 817 g/mol. The molecule has 0 saturated carbocycles. The first-order valence-corrected chi connectivity index (χ1v) is 23.3. The molecule has 0 N–H and O–H groups in total. The van der Waals surface area contributed by atoms with Crippen LogP contribution in [0.2, 0.25) is 0 Å². The van der Waals surface area contributed by atoms with E-state index in [1.165, 1.54) is 66.8 Å². The third-order valence-corrected chi connectivity index (χ3v) is 13.1. The van der Waals surface area contributed by atoms with Crippen molar-refractivity contribution in [2.24, 2.45) is 0 Å². The molecule has 6 nitrogen and oxygen atoms in total. The van der Waals surface area contributed by atoms with Crippen molar-refractivity contribution in [2.75, 3.05) is 42.7 Å². The Bertz CT molecular complexity index is 2050. The van der Waals surface area contributed by atoms with Gasteiger partial charge in [-0.2, -0.15) is 0 Å². The SMILES string of the molecule is COc1ccc(CCc2c(CCc3ccc(OC)cc3)c(CCc3ccc(OC)cc3)c(CCc3ccc(OC)cc3)c(CCc3ccc(OC)cc3)c2CCc2ccc(OC)cc2)cc1. The number of rotatable bonds is 24. The van der Waals surface area contributed by atoms with Gasteiger partial charge in [-0.05, 0) is 217 Å². The van der Waals surface area contributed by atoms with Crippen molar-refractivity contribution in [3.05, 3.63) is 212 Å². The lowest BCUT2D eigenvalue weighted by Gasteiger charge is -2.28. The van der Waals surface area contributed by atoms with Crippen molar-refractivity contribution < 1.29 is 28.4 Å². The fourth-order valence-corrected chi connectivity index (χ4v) is 9.27. The van der Waals surface area contributed by atoms with Crippen molar-refractivity contribution in [3.63, 3.8) is 0 Å². The summed E-state index contributed by atoms with van der Waals surface area (Å²) in [5.74, 6) is 5.26. The van der Waals surface area contributed by atoms with E-state index in [1.807, 2.05) is 0 Å². The predicted octanol–water partition coefficient (Wildman–Crippen LogP) is 12.4. The number of hydrogen-bond acceptors (Lipinski definition) is 6. The van der Waals surface area contributed by atoms with Gasteiger partial charge in [0.2, 0.25) is 0 Å². The quantitative estimate of drug-likeness (QED) is 0.0603. The summed E-state index contributed by atoms with van der Waals surface area (Å²) in [6, 6.07) is 51.8. The van der Waals surface area contributed by atoms with Crippen LogP contribution in [0.1, 0.15) is 66.8 Å². The van der Waals surface area contributed by atoms with Crippen LogP contribution in [0, 0.1) is 0 Å². The van der Waals surface area contributed by atoms with Gasteiger partial charge < -0.3 is 28.4 Å². The molecule has 66 heavy (non-hydrogen) atoms. The summed E-state index contributed by atoms with van der Waals surface area (Å²) in [5.41, 5.74) is 16.9. The predicted molar refractivity (Wildman–Crippen MR) is 269 cm³/mol. The summed E-state index contributed by atoms with van der Waals surface area (Å²) < 4.78 is 33.4. The third-order valence-electron chi connectivity index (χ3n) is 13.1. The van der Waals surface area contributed by atoms with Gasteiger partial charge in [-0.3, -0.25) is 0 Å². The topological polar surface area (TPSA) is 55.4 Å². The Morgan fingerprint density at radius 3 is 0.409 bits per heavy atom. The van der Waals surface area contributed by atoms with Crippen LogP contribution in [0.25, 0.3) is 0 Å². The molecule has 6 heteroatoms. The van der Waals surface area contributed by atoms with Crippen molar-refractivity contribution in [1.29, 1.82) is 0 Å². The Kier molecular flexibility index (Phi) is 17.2. The number of benzene rings is 7. The van der Waals surface area contributed by atoms with Gasteiger partial charge in [0.1, 0.15) is 34.5 Å². The van der Waals surface area contributed by atoms with Crippen LogP contribution in [0.5, 0.6) is 34.5 Å². The summed E-state index contributed by atoms with van der Waals surface area (Å²) in [6.07, 6.45) is 11.2. The monoisotopic (exact) mass is 882 g/mol. The second-order valence-corrected chi connectivity index (χ2v) is 17.0. The first-order valence-electron chi connectivity index (χ1n) is 23.3. The van der Waals surface area contributed by atoms with E-state index in [4.69, 9.17) is 28.4 Å². The first-order chi connectivity index (χ1) is 32.4. The molecule has 7 rings (SSSR count). The summed E-state index contributed by atoms with van der Waals surface area (Å²) in [6.45, 7) is 0. The molecular formula is C60H66O6. The Morgan fingerprint density at radius 1 is 0.182 bits per heavy atom. The standard InChI is InChI=1S/C60H66O6/c1-61-49-25-7-43(8-26-49)19-37-55-56(38-20-44-9-27-50(62-2)28-10-44)58(40-22-46-13-31-52(64-4)32-14-46)60(42-24-48-17-35-54(66-6)36-18-48)59(41-23-47-15-33-53(65-5)34-16-47)57(55)39-21-45-11-29-51(63-3)30-12-45/h7-18,25-36H,19-24,37-42H2,1-6H3. The minimum atomic E-state index is 0.877. The molecule has 7 aromatic rings. The van der Waals surface area contributed by atoms with Gasteiger partial charge in [-0.1, -0.05) is 72.8 Å². The lowest BCUT2D eigenvalue weighted by Crippen LogP contribution is -2.18. The van der Waals surface area contributed by atoms with E-state index in [0.29, 0.717) is 0 Å².